The Morgan fingerprint density at radius 3 is 2.24 bits per heavy atom. The molecule has 0 aromatic heterocycles. The molecule has 0 aromatic carbocycles. The average molecular weight is 303 g/mol. The van der Waals surface area contributed by atoms with Gasteiger partial charge in [-0.2, -0.15) is 0 Å². The third-order valence-electron chi connectivity index (χ3n) is 3.21. The normalized spacial score (nSPS) is 15.1. The Balaban J connectivity index is 4.70. The Morgan fingerprint density at radius 2 is 1.86 bits per heavy atom. The van der Waals surface area contributed by atoms with Gasteiger partial charge in [-0.05, 0) is 41.5 Å². The third kappa shape index (κ3) is 8.24. The second-order valence-corrected chi connectivity index (χ2v) is 6.56. The Bertz CT molecular complexity index is 303. The van der Waals surface area contributed by atoms with Crippen molar-refractivity contribution in [2.75, 3.05) is 26.8 Å². The predicted octanol–water partition coefficient (Wildman–Crippen LogP) is 1.58. The number of nitrogens with one attached hydrogen (secondary N) is 1. The lowest BCUT2D eigenvalue weighted by molar-refractivity contribution is 0.0428. The molecule has 21 heavy (non-hydrogen) atoms. The molecule has 6 nitrogen and oxygen atoms in total. The number of carbonyl (C=O) groups is 1. The number of nitrogens with two attached hydrogens (primary N) is 1. The molecule has 2 atom stereocenters. The summed E-state index contributed by atoms with van der Waals surface area (Å²) >= 11 is 0. The first-order valence-corrected chi connectivity index (χ1v) is 7.56. The number of alkyl carbamates (subject to hydrolysis) is 1. The Labute approximate surface area is 129 Å². The van der Waals surface area contributed by atoms with Gasteiger partial charge in [0.1, 0.15) is 5.60 Å². The van der Waals surface area contributed by atoms with Gasteiger partial charge in [0.15, 0.2) is 0 Å². The van der Waals surface area contributed by atoms with Crippen molar-refractivity contribution in [1.29, 1.82) is 0 Å². The van der Waals surface area contributed by atoms with E-state index in [1.165, 1.54) is 0 Å². The van der Waals surface area contributed by atoms with Crippen LogP contribution in [0, 0.1) is 0 Å². The highest BCUT2D eigenvalue weighted by atomic mass is 16.6. The molecule has 0 aliphatic carbocycles. The average Bonchev–Trinajstić information content (AvgIpc) is 2.31. The lowest BCUT2D eigenvalue weighted by Gasteiger charge is -2.38. The summed E-state index contributed by atoms with van der Waals surface area (Å²) < 4.78 is 10.4. The van der Waals surface area contributed by atoms with E-state index >= 15 is 0 Å². The van der Waals surface area contributed by atoms with Crippen LogP contribution in [0.25, 0.3) is 0 Å². The molecule has 0 spiro atoms. The predicted molar refractivity (Wildman–Crippen MR) is 85.4 cm³/mol. The monoisotopic (exact) mass is 303 g/mol. The zero-order valence-corrected chi connectivity index (χ0v) is 14.6. The van der Waals surface area contributed by atoms with Crippen LogP contribution in [0.1, 0.15) is 41.5 Å². The molecule has 1 amide bonds. The molecule has 0 bridgehead atoms. The molecule has 6 heteroatoms. The van der Waals surface area contributed by atoms with E-state index in [9.17, 15) is 4.79 Å². The maximum absolute atomic E-state index is 11.9. The molecule has 126 valence electrons. The topological polar surface area (TPSA) is 76.8 Å². The van der Waals surface area contributed by atoms with Crippen molar-refractivity contribution in [3.8, 4) is 0 Å². The van der Waals surface area contributed by atoms with Gasteiger partial charge in [-0.3, -0.25) is 4.90 Å². The molecule has 0 saturated heterocycles. The number of hydrogen-bond acceptors (Lipinski definition) is 5. The van der Waals surface area contributed by atoms with Crippen LogP contribution in [-0.4, -0.2) is 61.5 Å². The number of nitrogens with zero attached hydrogens (tertiary/aromatic N) is 1. The third-order valence-corrected chi connectivity index (χ3v) is 3.21. The molecule has 3 N–H and O–H groups in total. The molecule has 0 aliphatic heterocycles. The number of carbonyl (C=O) groups excluding carboxylic acids is 1. The summed E-state index contributed by atoms with van der Waals surface area (Å²) in [5, 5.41) is 2.88. The molecule has 0 heterocycles. The van der Waals surface area contributed by atoms with Gasteiger partial charge in [0.25, 0.3) is 0 Å². The molecule has 0 aliphatic rings. The van der Waals surface area contributed by atoms with Crippen molar-refractivity contribution in [3.63, 3.8) is 0 Å². The van der Waals surface area contributed by atoms with Gasteiger partial charge >= 0.3 is 6.09 Å². The summed E-state index contributed by atoms with van der Waals surface area (Å²) in [5.74, 6) is 0. The number of rotatable bonds is 8. The first-order chi connectivity index (χ1) is 9.62. The van der Waals surface area contributed by atoms with Crippen LogP contribution >= 0.6 is 0 Å². The van der Waals surface area contributed by atoms with Gasteiger partial charge in [0.2, 0.25) is 0 Å². The highest BCUT2D eigenvalue weighted by Crippen LogP contribution is 2.11. The largest absolute Gasteiger partial charge is 0.444 e. The lowest BCUT2D eigenvalue weighted by atomic mass is 10.1. The molecular formula is C15H33N3O3. The number of ether oxygens (including phenoxy) is 2. The maximum Gasteiger partial charge on any atom is 0.407 e. The van der Waals surface area contributed by atoms with Crippen molar-refractivity contribution in [3.05, 3.63) is 0 Å². The zero-order chi connectivity index (χ0) is 16.6. The van der Waals surface area contributed by atoms with E-state index in [1.54, 1.807) is 7.11 Å². The minimum Gasteiger partial charge on any atom is -0.444 e. The second-order valence-electron chi connectivity index (χ2n) is 6.56. The summed E-state index contributed by atoms with van der Waals surface area (Å²) in [5.41, 5.74) is 5.41. The quantitative estimate of drug-likeness (QED) is 0.712. The molecule has 2 unspecified atom stereocenters. The maximum atomic E-state index is 11.9. The summed E-state index contributed by atoms with van der Waals surface area (Å²) in [6, 6.07) is 0.244. The lowest BCUT2D eigenvalue weighted by Crippen LogP contribution is -2.57. The second kappa shape index (κ2) is 9.23. The van der Waals surface area contributed by atoms with Crippen molar-refractivity contribution >= 4 is 6.09 Å². The standard InChI is InChI=1S/C15H33N3O3/c1-11(2)18(8-9-20-7)13(10-16)12(3)17-14(19)21-15(4,5)6/h11-13H,8-10,16H2,1-7H3,(H,17,19). The van der Waals surface area contributed by atoms with Gasteiger partial charge in [0, 0.05) is 38.3 Å². The van der Waals surface area contributed by atoms with Crippen LogP contribution in [0.4, 0.5) is 4.79 Å². The fraction of sp³-hybridized carbons (Fsp3) is 0.933. The Morgan fingerprint density at radius 1 is 1.29 bits per heavy atom. The summed E-state index contributed by atoms with van der Waals surface area (Å²) in [6.07, 6.45) is -0.413. The van der Waals surface area contributed by atoms with Gasteiger partial charge < -0.3 is 20.5 Å². The number of amides is 1. The van der Waals surface area contributed by atoms with E-state index in [1.807, 2.05) is 27.7 Å². The SMILES string of the molecule is COCCN(C(C)C)C(CN)C(C)NC(=O)OC(C)(C)C. The van der Waals surface area contributed by atoms with Crippen LogP contribution in [0.15, 0.2) is 0 Å². The van der Waals surface area contributed by atoms with E-state index in [-0.39, 0.29) is 12.1 Å². The van der Waals surface area contributed by atoms with Crippen molar-refractivity contribution in [2.24, 2.45) is 5.73 Å². The van der Waals surface area contributed by atoms with Gasteiger partial charge in [-0.25, -0.2) is 4.79 Å². The number of hydrogen-bond donors (Lipinski definition) is 2. The molecular weight excluding hydrogens is 270 g/mol. The summed E-state index contributed by atoms with van der Waals surface area (Å²) in [7, 11) is 1.68. The summed E-state index contributed by atoms with van der Waals surface area (Å²) in [4.78, 5) is 14.1. The van der Waals surface area contributed by atoms with E-state index in [0.29, 0.717) is 19.2 Å². The highest BCUT2D eigenvalue weighted by Gasteiger charge is 2.27. The minimum atomic E-state index is -0.504. The molecule has 0 saturated carbocycles. The van der Waals surface area contributed by atoms with Crippen LogP contribution < -0.4 is 11.1 Å². The van der Waals surface area contributed by atoms with E-state index in [4.69, 9.17) is 15.2 Å². The van der Waals surface area contributed by atoms with E-state index in [0.717, 1.165) is 6.54 Å². The molecule has 0 fully saturated rings. The number of methoxy groups -OCH3 is 1. The van der Waals surface area contributed by atoms with E-state index in [2.05, 4.69) is 24.1 Å². The highest BCUT2D eigenvalue weighted by molar-refractivity contribution is 5.68. The summed E-state index contributed by atoms with van der Waals surface area (Å²) in [6.45, 7) is 13.6. The fourth-order valence-corrected chi connectivity index (χ4v) is 2.22. The first-order valence-electron chi connectivity index (χ1n) is 7.56. The van der Waals surface area contributed by atoms with E-state index < -0.39 is 11.7 Å². The molecule has 0 aromatic rings. The molecule has 0 radical (unpaired) electrons. The fourth-order valence-electron chi connectivity index (χ4n) is 2.22. The smallest absolute Gasteiger partial charge is 0.407 e. The minimum absolute atomic E-state index is 0.0349. The molecule has 0 rings (SSSR count). The Hall–Kier alpha value is -0.850. The van der Waals surface area contributed by atoms with Crippen molar-refractivity contribution < 1.29 is 14.3 Å². The van der Waals surface area contributed by atoms with Gasteiger partial charge in [-0.15, -0.1) is 0 Å². The zero-order valence-electron chi connectivity index (χ0n) is 14.6. The van der Waals surface area contributed by atoms with Crippen molar-refractivity contribution in [2.45, 2.75) is 65.3 Å². The van der Waals surface area contributed by atoms with Crippen LogP contribution in [0.5, 0.6) is 0 Å². The van der Waals surface area contributed by atoms with Gasteiger partial charge in [0.05, 0.1) is 6.61 Å². The van der Waals surface area contributed by atoms with Crippen LogP contribution in [-0.2, 0) is 9.47 Å². The Kier molecular flexibility index (Phi) is 8.85. The van der Waals surface area contributed by atoms with Crippen LogP contribution in [0.3, 0.4) is 0 Å². The van der Waals surface area contributed by atoms with Gasteiger partial charge in [-0.1, -0.05) is 0 Å². The first kappa shape index (κ1) is 20.1. The van der Waals surface area contributed by atoms with Crippen molar-refractivity contribution in [1.82, 2.24) is 10.2 Å². The van der Waals surface area contributed by atoms with Crippen LogP contribution in [0.2, 0.25) is 0 Å².